The molecule has 1 fully saturated rings. The first-order valence-corrected chi connectivity index (χ1v) is 11.3. The molecule has 1 aromatic heterocycles. The minimum Gasteiger partial charge on any atom is -0.408 e. The number of halogens is 1. The number of benzene rings is 3. The van der Waals surface area contributed by atoms with Gasteiger partial charge in [0.25, 0.3) is 5.91 Å². The fourth-order valence-electron chi connectivity index (χ4n) is 4.24. The minimum absolute atomic E-state index is 0.0434. The van der Waals surface area contributed by atoms with E-state index in [9.17, 15) is 9.59 Å². The number of piperazine rings is 1. The maximum Gasteiger partial charge on any atom is 0.420 e. The third-order valence-corrected chi connectivity index (χ3v) is 6.35. The Kier molecular flexibility index (Phi) is 5.68. The van der Waals surface area contributed by atoms with E-state index in [0.29, 0.717) is 41.3 Å². The lowest BCUT2D eigenvalue weighted by Crippen LogP contribution is -2.48. The smallest absolute Gasteiger partial charge is 0.408 e. The van der Waals surface area contributed by atoms with Gasteiger partial charge in [-0.05, 0) is 48.9 Å². The zero-order valence-electron chi connectivity index (χ0n) is 18.3. The first kappa shape index (κ1) is 21.3. The molecule has 1 aliphatic heterocycles. The molecule has 4 aromatic rings. The second kappa shape index (κ2) is 8.79. The van der Waals surface area contributed by atoms with Crippen LogP contribution in [0.2, 0.25) is 5.02 Å². The highest BCUT2D eigenvalue weighted by atomic mass is 35.5. The molecule has 0 atom stereocenters. The van der Waals surface area contributed by atoms with Crippen LogP contribution in [0.25, 0.3) is 11.1 Å². The molecule has 1 amide bonds. The van der Waals surface area contributed by atoms with Crippen LogP contribution in [0.5, 0.6) is 0 Å². The predicted octanol–water partition coefficient (Wildman–Crippen LogP) is 4.57. The SMILES string of the molecule is Cc1ccc(Cn2c(=O)oc3ccc(C(=O)N4CCN(c5cccc(Cl)c5)CC4)cc32)cc1. The molecule has 0 radical (unpaired) electrons. The van der Waals surface area contributed by atoms with Crippen LogP contribution in [0.15, 0.2) is 75.9 Å². The van der Waals surface area contributed by atoms with Crippen LogP contribution >= 0.6 is 11.6 Å². The van der Waals surface area contributed by atoms with Gasteiger partial charge < -0.3 is 14.2 Å². The molecule has 1 saturated heterocycles. The number of hydrogen-bond donors (Lipinski definition) is 0. The van der Waals surface area contributed by atoms with Crippen molar-refractivity contribution in [3.8, 4) is 0 Å². The molecule has 0 spiro atoms. The van der Waals surface area contributed by atoms with Crippen LogP contribution in [-0.4, -0.2) is 41.6 Å². The van der Waals surface area contributed by atoms with Crippen LogP contribution in [0.4, 0.5) is 5.69 Å². The third-order valence-electron chi connectivity index (χ3n) is 6.12. The Labute approximate surface area is 196 Å². The normalized spacial score (nSPS) is 14.1. The van der Waals surface area contributed by atoms with E-state index in [0.717, 1.165) is 29.9 Å². The van der Waals surface area contributed by atoms with Crippen molar-refractivity contribution in [2.24, 2.45) is 0 Å². The molecule has 0 N–H and O–H groups in total. The van der Waals surface area contributed by atoms with Crippen LogP contribution in [0.3, 0.4) is 0 Å². The van der Waals surface area contributed by atoms with Gasteiger partial charge in [-0.1, -0.05) is 47.5 Å². The Morgan fingerprint density at radius 1 is 0.970 bits per heavy atom. The van der Waals surface area contributed by atoms with E-state index in [1.807, 2.05) is 60.4 Å². The topological polar surface area (TPSA) is 58.7 Å². The summed E-state index contributed by atoms with van der Waals surface area (Å²) in [5, 5.41) is 0.705. The summed E-state index contributed by atoms with van der Waals surface area (Å²) >= 11 is 6.12. The largest absolute Gasteiger partial charge is 0.420 e. The van der Waals surface area contributed by atoms with Gasteiger partial charge >= 0.3 is 5.76 Å². The molecule has 1 aliphatic rings. The summed E-state index contributed by atoms with van der Waals surface area (Å²) in [5.41, 5.74) is 4.89. The van der Waals surface area contributed by atoms with Crippen LogP contribution in [0, 0.1) is 6.92 Å². The zero-order chi connectivity index (χ0) is 22.9. The monoisotopic (exact) mass is 461 g/mol. The summed E-state index contributed by atoms with van der Waals surface area (Å²) in [6.45, 7) is 5.12. The number of carbonyl (C=O) groups is 1. The lowest BCUT2D eigenvalue weighted by atomic mass is 10.1. The van der Waals surface area contributed by atoms with E-state index in [2.05, 4.69) is 4.90 Å². The van der Waals surface area contributed by atoms with Gasteiger partial charge in [0.1, 0.15) is 0 Å². The van der Waals surface area contributed by atoms with Crippen LogP contribution in [-0.2, 0) is 6.54 Å². The summed E-state index contributed by atoms with van der Waals surface area (Å²) in [5.74, 6) is -0.469. The maximum absolute atomic E-state index is 13.2. The van der Waals surface area contributed by atoms with E-state index >= 15 is 0 Å². The Bertz CT molecular complexity index is 1370. The number of carbonyl (C=O) groups excluding carboxylic acids is 1. The quantitative estimate of drug-likeness (QED) is 0.447. The Morgan fingerprint density at radius 3 is 2.45 bits per heavy atom. The average molecular weight is 462 g/mol. The molecular formula is C26H24ClN3O3. The van der Waals surface area contributed by atoms with Crippen LogP contribution < -0.4 is 10.7 Å². The van der Waals surface area contributed by atoms with Gasteiger partial charge in [-0.3, -0.25) is 9.36 Å². The second-order valence-electron chi connectivity index (χ2n) is 8.38. The molecule has 2 heterocycles. The third kappa shape index (κ3) is 4.39. The molecule has 168 valence electrons. The molecule has 5 rings (SSSR count). The molecule has 0 unspecified atom stereocenters. The number of fused-ring (bicyclic) bond motifs is 1. The van der Waals surface area contributed by atoms with E-state index in [-0.39, 0.29) is 5.91 Å². The van der Waals surface area contributed by atoms with Crippen molar-refractivity contribution in [3.63, 3.8) is 0 Å². The lowest BCUT2D eigenvalue weighted by Gasteiger charge is -2.36. The van der Waals surface area contributed by atoms with E-state index in [4.69, 9.17) is 16.0 Å². The van der Waals surface area contributed by atoms with Crippen molar-refractivity contribution in [2.45, 2.75) is 13.5 Å². The highest BCUT2D eigenvalue weighted by Gasteiger charge is 2.23. The highest BCUT2D eigenvalue weighted by molar-refractivity contribution is 6.30. The first-order chi connectivity index (χ1) is 16.0. The van der Waals surface area contributed by atoms with Gasteiger partial charge in [-0.25, -0.2) is 4.79 Å². The van der Waals surface area contributed by atoms with Gasteiger partial charge in [0.15, 0.2) is 5.58 Å². The predicted molar refractivity (Wildman–Crippen MR) is 130 cm³/mol. The van der Waals surface area contributed by atoms with Crippen molar-refractivity contribution in [1.29, 1.82) is 0 Å². The van der Waals surface area contributed by atoms with Crippen molar-refractivity contribution in [3.05, 3.63) is 99.0 Å². The highest BCUT2D eigenvalue weighted by Crippen LogP contribution is 2.22. The average Bonchev–Trinajstić information content (AvgIpc) is 3.14. The number of amides is 1. The minimum atomic E-state index is -0.426. The number of nitrogens with zero attached hydrogens (tertiary/aromatic N) is 3. The molecule has 0 aliphatic carbocycles. The van der Waals surface area contributed by atoms with Gasteiger partial charge in [0.05, 0.1) is 12.1 Å². The number of oxazole rings is 1. The van der Waals surface area contributed by atoms with Gasteiger partial charge in [0.2, 0.25) is 0 Å². The Morgan fingerprint density at radius 2 is 1.73 bits per heavy atom. The standard InChI is InChI=1S/C26H24ClN3O3/c1-18-5-7-19(8-6-18)17-30-23-15-20(9-10-24(23)33-26(30)32)25(31)29-13-11-28(12-14-29)22-4-2-3-21(27)16-22/h2-10,15-16H,11-14,17H2,1H3. The molecule has 3 aromatic carbocycles. The summed E-state index contributed by atoms with van der Waals surface area (Å²) in [6, 6.07) is 21.0. The molecule has 33 heavy (non-hydrogen) atoms. The number of rotatable bonds is 4. The van der Waals surface area contributed by atoms with Crippen molar-refractivity contribution < 1.29 is 9.21 Å². The lowest BCUT2D eigenvalue weighted by molar-refractivity contribution is 0.0747. The van der Waals surface area contributed by atoms with Crippen molar-refractivity contribution >= 4 is 34.3 Å². The fourth-order valence-corrected chi connectivity index (χ4v) is 4.43. The first-order valence-electron chi connectivity index (χ1n) is 11.0. The number of hydrogen-bond acceptors (Lipinski definition) is 4. The van der Waals surface area contributed by atoms with Gasteiger partial charge in [0, 0.05) is 42.5 Å². The van der Waals surface area contributed by atoms with E-state index in [1.165, 1.54) is 0 Å². The molecule has 6 nitrogen and oxygen atoms in total. The molecule has 0 saturated carbocycles. The number of aryl methyl sites for hydroxylation is 1. The molecule has 0 bridgehead atoms. The Balaban J connectivity index is 1.35. The maximum atomic E-state index is 13.2. The number of aromatic nitrogens is 1. The fraction of sp³-hybridized carbons (Fsp3) is 0.231. The molecule has 7 heteroatoms. The van der Waals surface area contributed by atoms with Crippen LogP contribution in [0.1, 0.15) is 21.5 Å². The van der Waals surface area contributed by atoms with Gasteiger partial charge in [-0.15, -0.1) is 0 Å². The molecular weight excluding hydrogens is 438 g/mol. The van der Waals surface area contributed by atoms with Crippen molar-refractivity contribution in [1.82, 2.24) is 9.47 Å². The summed E-state index contributed by atoms with van der Waals surface area (Å²) in [7, 11) is 0. The van der Waals surface area contributed by atoms with Gasteiger partial charge in [-0.2, -0.15) is 0 Å². The Hall–Kier alpha value is -3.51. The summed E-state index contributed by atoms with van der Waals surface area (Å²) in [6.07, 6.45) is 0. The van der Waals surface area contributed by atoms with E-state index in [1.54, 1.807) is 22.8 Å². The summed E-state index contributed by atoms with van der Waals surface area (Å²) < 4.78 is 6.99. The summed E-state index contributed by atoms with van der Waals surface area (Å²) in [4.78, 5) is 29.8. The van der Waals surface area contributed by atoms with Crippen molar-refractivity contribution in [2.75, 3.05) is 31.1 Å². The number of anilines is 1. The van der Waals surface area contributed by atoms with E-state index < -0.39 is 5.76 Å². The second-order valence-corrected chi connectivity index (χ2v) is 8.82. The zero-order valence-corrected chi connectivity index (χ0v) is 19.1.